The molecule has 0 spiro atoms. The van der Waals surface area contributed by atoms with Crippen molar-refractivity contribution in [1.29, 1.82) is 0 Å². The second-order valence-corrected chi connectivity index (χ2v) is 8.45. The van der Waals surface area contributed by atoms with Crippen LogP contribution in [0.15, 0.2) is 47.6 Å². The van der Waals surface area contributed by atoms with Gasteiger partial charge in [0.25, 0.3) is 0 Å². The number of nitrogens with zero attached hydrogens (tertiary/aromatic N) is 3. The molecule has 0 radical (unpaired) electrons. The first kappa shape index (κ1) is 19.3. The molecule has 0 saturated heterocycles. The number of benzene rings is 2. The highest BCUT2D eigenvalue weighted by Crippen LogP contribution is 2.41. The smallest absolute Gasteiger partial charge is 0.234 e. The van der Waals surface area contributed by atoms with Gasteiger partial charge in [-0.2, -0.15) is 0 Å². The lowest BCUT2D eigenvalue weighted by Crippen LogP contribution is -2.17. The third kappa shape index (κ3) is 3.97. The second kappa shape index (κ2) is 8.20. The van der Waals surface area contributed by atoms with Crippen molar-refractivity contribution in [3.63, 3.8) is 0 Å². The Morgan fingerprint density at radius 3 is 2.60 bits per heavy atom. The zero-order valence-corrected chi connectivity index (χ0v) is 17.6. The Kier molecular flexibility index (Phi) is 5.26. The van der Waals surface area contributed by atoms with E-state index in [1.807, 2.05) is 34.9 Å². The van der Waals surface area contributed by atoms with Gasteiger partial charge in [0.15, 0.2) is 16.7 Å². The van der Waals surface area contributed by atoms with Gasteiger partial charge in [0.1, 0.15) is 19.0 Å². The van der Waals surface area contributed by atoms with Gasteiger partial charge in [-0.3, -0.25) is 9.36 Å². The number of amides is 1. The molecule has 0 bridgehead atoms. The molecule has 2 heterocycles. The van der Waals surface area contributed by atoms with E-state index in [1.165, 1.54) is 11.8 Å². The molecule has 1 aliphatic carbocycles. The Hall–Kier alpha value is -2.71. The van der Waals surface area contributed by atoms with E-state index < -0.39 is 0 Å². The zero-order valence-electron chi connectivity index (χ0n) is 16.0. The van der Waals surface area contributed by atoms with E-state index in [9.17, 15) is 4.79 Å². The number of aromatic nitrogens is 3. The molecular formula is C21H19ClN4O3S. The number of rotatable bonds is 6. The number of carbonyl (C=O) groups excluding carboxylic acids is 1. The first-order valence-electron chi connectivity index (χ1n) is 9.71. The molecule has 2 aromatic carbocycles. The lowest BCUT2D eigenvalue weighted by atomic mass is 10.2. The largest absolute Gasteiger partial charge is 0.486 e. The van der Waals surface area contributed by atoms with E-state index in [4.69, 9.17) is 21.1 Å². The van der Waals surface area contributed by atoms with Crippen molar-refractivity contribution in [3.8, 4) is 17.2 Å². The Bertz CT molecular complexity index is 1090. The van der Waals surface area contributed by atoms with Crippen LogP contribution in [-0.4, -0.2) is 39.6 Å². The van der Waals surface area contributed by atoms with E-state index in [-0.39, 0.29) is 11.7 Å². The SMILES string of the molecule is O=C(CSc1nnc(C2CC2)n1-c1ccccc1)Nc1cc2c(cc1Cl)OCCO2. The minimum atomic E-state index is -0.186. The molecule has 5 rings (SSSR count). The first-order valence-corrected chi connectivity index (χ1v) is 11.1. The summed E-state index contributed by atoms with van der Waals surface area (Å²) in [6.45, 7) is 0.951. The Morgan fingerprint density at radius 1 is 1.13 bits per heavy atom. The van der Waals surface area contributed by atoms with Gasteiger partial charge in [0.2, 0.25) is 5.91 Å². The average molecular weight is 443 g/mol. The molecule has 0 unspecified atom stereocenters. The van der Waals surface area contributed by atoms with Crippen LogP contribution in [0.4, 0.5) is 5.69 Å². The van der Waals surface area contributed by atoms with E-state index in [1.54, 1.807) is 12.1 Å². The minimum absolute atomic E-state index is 0.181. The number of hydrogen-bond donors (Lipinski definition) is 1. The maximum Gasteiger partial charge on any atom is 0.234 e. The van der Waals surface area contributed by atoms with Crippen LogP contribution in [0.25, 0.3) is 5.69 Å². The van der Waals surface area contributed by atoms with E-state index in [0.29, 0.717) is 46.5 Å². The fraction of sp³-hybridized carbons (Fsp3) is 0.286. The van der Waals surface area contributed by atoms with E-state index in [0.717, 1.165) is 24.4 Å². The summed E-state index contributed by atoms with van der Waals surface area (Å²) in [6, 6.07) is 13.3. The lowest BCUT2D eigenvalue weighted by molar-refractivity contribution is -0.113. The van der Waals surface area contributed by atoms with Gasteiger partial charge in [-0.1, -0.05) is 41.6 Å². The van der Waals surface area contributed by atoms with Gasteiger partial charge in [-0.05, 0) is 25.0 Å². The third-order valence-electron chi connectivity index (χ3n) is 4.85. The monoisotopic (exact) mass is 442 g/mol. The Morgan fingerprint density at radius 2 is 1.87 bits per heavy atom. The van der Waals surface area contributed by atoms with Crippen LogP contribution >= 0.6 is 23.4 Å². The zero-order chi connectivity index (χ0) is 20.5. The second-order valence-electron chi connectivity index (χ2n) is 7.10. The predicted octanol–water partition coefficient (Wildman–Crippen LogP) is 4.30. The van der Waals surface area contributed by atoms with Crippen molar-refractivity contribution < 1.29 is 14.3 Å². The summed E-state index contributed by atoms with van der Waals surface area (Å²) in [4.78, 5) is 12.6. The van der Waals surface area contributed by atoms with Gasteiger partial charge in [0.05, 0.1) is 16.5 Å². The fourth-order valence-corrected chi connectivity index (χ4v) is 4.24. The molecule has 154 valence electrons. The maximum absolute atomic E-state index is 12.6. The average Bonchev–Trinajstić information content (AvgIpc) is 3.52. The van der Waals surface area contributed by atoms with Crippen molar-refractivity contribution >= 4 is 35.0 Å². The van der Waals surface area contributed by atoms with Crippen molar-refractivity contribution in [1.82, 2.24) is 14.8 Å². The van der Waals surface area contributed by atoms with Gasteiger partial charge in [0, 0.05) is 23.7 Å². The molecular weight excluding hydrogens is 424 g/mol. The summed E-state index contributed by atoms with van der Waals surface area (Å²) in [7, 11) is 0. The number of anilines is 1. The normalized spacial score (nSPS) is 15.1. The van der Waals surface area contributed by atoms with Gasteiger partial charge in [-0.25, -0.2) is 0 Å². The van der Waals surface area contributed by atoms with E-state index >= 15 is 0 Å². The van der Waals surface area contributed by atoms with Crippen LogP contribution in [0.5, 0.6) is 11.5 Å². The molecule has 7 nitrogen and oxygen atoms in total. The Labute approximate surface area is 182 Å². The highest BCUT2D eigenvalue weighted by atomic mass is 35.5. The van der Waals surface area contributed by atoms with Crippen molar-refractivity contribution in [2.45, 2.75) is 23.9 Å². The molecule has 1 saturated carbocycles. The van der Waals surface area contributed by atoms with Crippen molar-refractivity contribution in [2.75, 3.05) is 24.3 Å². The molecule has 1 aromatic heterocycles. The highest BCUT2D eigenvalue weighted by Gasteiger charge is 2.31. The molecule has 0 atom stereocenters. The van der Waals surface area contributed by atoms with E-state index in [2.05, 4.69) is 15.5 Å². The summed E-state index contributed by atoms with van der Waals surface area (Å²) in [6.07, 6.45) is 2.25. The number of halogens is 1. The number of hydrogen-bond acceptors (Lipinski definition) is 6. The molecule has 30 heavy (non-hydrogen) atoms. The minimum Gasteiger partial charge on any atom is -0.486 e. The first-order chi connectivity index (χ1) is 14.7. The molecule has 9 heteroatoms. The number of thioether (sulfide) groups is 1. The van der Waals surface area contributed by atoms with Gasteiger partial charge < -0.3 is 14.8 Å². The molecule has 2 aliphatic rings. The fourth-order valence-electron chi connectivity index (χ4n) is 3.28. The number of ether oxygens (including phenoxy) is 2. The highest BCUT2D eigenvalue weighted by molar-refractivity contribution is 7.99. The summed E-state index contributed by atoms with van der Waals surface area (Å²) < 4.78 is 13.1. The van der Waals surface area contributed by atoms with Gasteiger partial charge >= 0.3 is 0 Å². The van der Waals surface area contributed by atoms with Crippen LogP contribution in [0.1, 0.15) is 24.6 Å². The number of para-hydroxylation sites is 1. The summed E-state index contributed by atoms with van der Waals surface area (Å²) >= 11 is 7.64. The van der Waals surface area contributed by atoms with Crippen molar-refractivity contribution in [3.05, 3.63) is 53.3 Å². The van der Waals surface area contributed by atoms with Crippen LogP contribution in [0.2, 0.25) is 5.02 Å². The Balaban J connectivity index is 1.31. The maximum atomic E-state index is 12.6. The summed E-state index contributed by atoms with van der Waals surface area (Å²) in [5.41, 5.74) is 1.50. The number of carbonyl (C=O) groups is 1. The third-order valence-corrected chi connectivity index (χ3v) is 6.10. The number of fused-ring (bicyclic) bond motifs is 1. The predicted molar refractivity (Wildman–Crippen MR) is 115 cm³/mol. The number of nitrogens with one attached hydrogen (secondary N) is 1. The summed E-state index contributed by atoms with van der Waals surface area (Å²) in [5, 5.41) is 12.7. The molecule has 1 aliphatic heterocycles. The quantitative estimate of drug-likeness (QED) is 0.573. The standard InChI is InChI=1S/C21H19ClN4O3S/c22-15-10-17-18(29-9-8-28-17)11-16(15)23-19(27)12-30-21-25-24-20(13-6-7-13)26(21)14-4-2-1-3-5-14/h1-5,10-11,13H,6-9,12H2,(H,23,27). The molecule has 1 fully saturated rings. The van der Waals surface area contributed by atoms with Gasteiger partial charge in [-0.15, -0.1) is 10.2 Å². The lowest BCUT2D eigenvalue weighted by Gasteiger charge is -2.20. The van der Waals surface area contributed by atoms with Crippen molar-refractivity contribution in [2.24, 2.45) is 0 Å². The molecule has 1 amide bonds. The topological polar surface area (TPSA) is 78.3 Å². The van der Waals surface area contributed by atoms with Crippen LogP contribution in [0, 0.1) is 0 Å². The molecule has 1 N–H and O–H groups in total. The van der Waals surface area contributed by atoms with Crippen LogP contribution < -0.4 is 14.8 Å². The molecule has 3 aromatic rings. The van der Waals surface area contributed by atoms with Crippen LogP contribution in [0.3, 0.4) is 0 Å². The van der Waals surface area contributed by atoms with Crippen LogP contribution in [-0.2, 0) is 4.79 Å². The summed E-state index contributed by atoms with van der Waals surface area (Å²) in [5.74, 6) is 2.56.